The molecule has 0 bridgehead atoms. The molecule has 0 saturated carbocycles. The number of hydrogen-bond acceptors (Lipinski definition) is 11. The quantitative estimate of drug-likeness (QED) is 0.155. The number of hydrogen-bond donors (Lipinski definition) is 2. The first-order chi connectivity index (χ1) is 28.0. The minimum Gasteiger partial charge on any atom is -0.298 e. The molecule has 4 aromatic heterocycles. The molecule has 5 aromatic rings. The number of nitrogens with one attached hydrogen (secondary N) is 2. The van der Waals surface area contributed by atoms with E-state index in [2.05, 4.69) is 35.7 Å². The molecule has 0 saturated heterocycles. The van der Waals surface area contributed by atoms with Crippen LogP contribution < -0.4 is 10.6 Å². The lowest BCUT2D eigenvalue weighted by molar-refractivity contribution is -0.137. The monoisotopic (exact) mass is 848 g/mol. The van der Waals surface area contributed by atoms with Crippen LogP contribution in [-0.2, 0) is 17.5 Å². The van der Waals surface area contributed by atoms with Crippen LogP contribution in [0.4, 0.5) is 36.6 Å². The number of carbonyl (C=O) groups excluding carboxylic acids is 2. The minimum absolute atomic E-state index is 0.00132. The van der Waals surface area contributed by atoms with Crippen molar-refractivity contribution in [1.29, 1.82) is 0 Å². The molecule has 6 heterocycles. The Bertz CT molecular complexity index is 2770. The summed E-state index contributed by atoms with van der Waals surface area (Å²) in [4.78, 5) is 47.0. The van der Waals surface area contributed by atoms with E-state index in [0.717, 1.165) is 28.4 Å². The van der Waals surface area contributed by atoms with E-state index in [1.54, 1.807) is 49.3 Å². The molecule has 2 amide bonds. The molecule has 3 aliphatic rings. The van der Waals surface area contributed by atoms with Gasteiger partial charge < -0.3 is 0 Å². The van der Waals surface area contributed by atoms with Gasteiger partial charge in [-0.1, -0.05) is 41.7 Å². The van der Waals surface area contributed by atoms with Gasteiger partial charge in [0.25, 0.3) is 11.8 Å². The van der Waals surface area contributed by atoms with Gasteiger partial charge in [0.05, 0.1) is 45.3 Å². The van der Waals surface area contributed by atoms with Crippen LogP contribution in [0.5, 0.6) is 0 Å². The summed E-state index contributed by atoms with van der Waals surface area (Å²) in [6.45, 7) is 6.94. The lowest BCUT2D eigenvalue weighted by Crippen LogP contribution is -2.37. The number of thiazole rings is 2. The molecule has 0 unspecified atom stereocenters. The number of aliphatic imine (C=N–C) groups is 1. The van der Waals surface area contributed by atoms with Gasteiger partial charge in [-0.05, 0) is 64.0 Å². The number of rotatable bonds is 7. The average Bonchev–Trinajstić information content (AvgIpc) is 3.92. The minimum atomic E-state index is -4.64. The smallest absolute Gasteiger partial charge is 0.298 e. The van der Waals surface area contributed by atoms with E-state index in [4.69, 9.17) is 0 Å². The van der Waals surface area contributed by atoms with Crippen LogP contribution in [-0.4, -0.2) is 58.4 Å². The number of hydrazine groups is 1. The molecule has 12 nitrogen and oxygen atoms in total. The number of anilines is 2. The Morgan fingerprint density at radius 1 is 0.898 bits per heavy atom. The average molecular weight is 849 g/mol. The highest BCUT2D eigenvalue weighted by Crippen LogP contribution is 2.41. The molecule has 0 radical (unpaired) electrons. The Kier molecular flexibility index (Phi) is 9.86. The number of halogens is 6. The van der Waals surface area contributed by atoms with Crippen LogP contribution in [0.2, 0.25) is 0 Å². The van der Waals surface area contributed by atoms with Gasteiger partial charge in [-0.25, -0.2) is 29.5 Å². The van der Waals surface area contributed by atoms with Crippen molar-refractivity contribution in [2.45, 2.75) is 53.0 Å². The van der Waals surface area contributed by atoms with Gasteiger partial charge in [0, 0.05) is 34.7 Å². The Labute approximate surface area is 339 Å². The third kappa shape index (κ3) is 7.44. The molecule has 1 aromatic carbocycles. The number of fused-ring (bicyclic) bond motifs is 2. The summed E-state index contributed by atoms with van der Waals surface area (Å²) in [5.74, 6) is -1.09. The van der Waals surface area contributed by atoms with Crippen LogP contribution in [0.1, 0.15) is 50.4 Å². The summed E-state index contributed by atoms with van der Waals surface area (Å²) in [7, 11) is 0. The molecule has 0 atom stereocenters. The fraction of sp³-hybridized carbons (Fsp3) is 0.205. The Morgan fingerprint density at radius 3 is 2.39 bits per heavy atom. The highest BCUT2D eigenvalue weighted by Gasteiger charge is 2.41. The van der Waals surface area contributed by atoms with Crippen molar-refractivity contribution in [3.05, 3.63) is 134 Å². The van der Waals surface area contributed by atoms with Gasteiger partial charge in [0.1, 0.15) is 11.1 Å². The summed E-state index contributed by atoms with van der Waals surface area (Å²) >= 11 is 2.40. The fourth-order valence-electron chi connectivity index (χ4n) is 6.83. The molecule has 0 spiro atoms. The number of amides is 2. The lowest BCUT2D eigenvalue weighted by Gasteiger charge is -2.31. The van der Waals surface area contributed by atoms with Crippen molar-refractivity contribution in [2.75, 3.05) is 10.6 Å². The highest BCUT2D eigenvalue weighted by molar-refractivity contribution is 7.16. The molecule has 8 rings (SSSR count). The number of amidine groups is 1. The SMILES string of the molecule is CC1=C(C(=O)Nc2ncc(C)s2)C2=NC(=C3CC=CC=C3C(F)(F)F)C=CN2N1Cc1sc(NC(=O)c2c(C)nn3ccc(-c4ccccc4C(F)(F)F)nc23)nc1C. The standard InChI is InChI=1S/C39H30F6N10O2S2/c1-19-17-46-36(58-19)50-35(57)31-22(4)55(54-16-14-28(49-33(31)54)24-10-6-8-12-26(24)39(43,44)45)18-29-20(2)47-37(59-29)51-34(56)30-21(3)52-53-15-13-27(48-32(30)53)23-9-5-7-11-25(23)38(40,41)42/h5-9,11-17H,10,18H2,1-4H3,(H,46,50,57)(H,47,51,56). The van der Waals surface area contributed by atoms with Gasteiger partial charge in [-0.2, -0.15) is 31.4 Å². The topological polar surface area (TPSA) is 133 Å². The summed E-state index contributed by atoms with van der Waals surface area (Å²) in [5.41, 5.74) is -0.380. The van der Waals surface area contributed by atoms with Crippen molar-refractivity contribution in [3.8, 4) is 11.3 Å². The molecule has 20 heteroatoms. The zero-order chi connectivity index (χ0) is 42.0. The number of aromatic nitrogens is 5. The Morgan fingerprint density at radius 2 is 1.66 bits per heavy atom. The van der Waals surface area contributed by atoms with Gasteiger partial charge in [-0.15, -0.1) is 11.3 Å². The maximum absolute atomic E-state index is 14.1. The van der Waals surface area contributed by atoms with Gasteiger partial charge in [0.15, 0.2) is 21.7 Å². The lowest BCUT2D eigenvalue weighted by atomic mass is 9.95. The summed E-state index contributed by atoms with van der Waals surface area (Å²) in [6.07, 6.45) is 0.721. The first-order valence-corrected chi connectivity index (χ1v) is 19.4. The van der Waals surface area contributed by atoms with E-state index in [-0.39, 0.29) is 68.9 Å². The molecular weight excluding hydrogens is 819 g/mol. The molecular formula is C39H30F6N10O2S2. The van der Waals surface area contributed by atoms with Crippen LogP contribution in [0.3, 0.4) is 0 Å². The van der Waals surface area contributed by atoms with E-state index in [1.807, 2.05) is 6.92 Å². The van der Waals surface area contributed by atoms with Crippen LogP contribution >= 0.6 is 22.7 Å². The molecule has 302 valence electrons. The first-order valence-electron chi connectivity index (χ1n) is 17.7. The van der Waals surface area contributed by atoms with Crippen LogP contribution in [0.15, 0.2) is 106 Å². The third-order valence-electron chi connectivity index (χ3n) is 9.58. The van der Waals surface area contributed by atoms with E-state index in [0.29, 0.717) is 21.4 Å². The van der Waals surface area contributed by atoms with Crippen LogP contribution in [0.25, 0.3) is 16.9 Å². The fourth-order valence-corrected chi connectivity index (χ4v) is 8.43. The maximum Gasteiger partial charge on any atom is 0.417 e. The summed E-state index contributed by atoms with van der Waals surface area (Å²) in [5, 5.41) is 13.7. The largest absolute Gasteiger partial charge is 0.417 e. The van der Waals surface area contributed by atoms with E-state index >= 15 is 0 Å². The molecule has 1 aliphatic carbocycles. The van der Waals surface area contributed by atoms with Crippen LogP contribution in [0, 0.1) is 20.8 Å². The van der Waals surface area contributed by atoms with Crippen molar-refractivity contribution >= 4 is 56.2 Å². The summed E-state index contributed by atoms with van der Waals surface area (Å²) in [6, 6.07) is 6.41. The molecule has 2 N–H and O–H groups in total. The number of nitrogens with zero attached hydrogens (tertiary/aromatic N) is 8. The first kappa shape index (κ1) is 39.4. The Hall–Kier alpha value is -6.41. The van der Waals surface area contributed by atoms with E-state index in [1.165, 1.54) is 58.5 Å². The highest BCUT2D eigenvalue weighted by atomic mass is 32.1. The zero-order valence-electron chi connectivity index (χ0n) is 31.3. The van der Waals surface area contributed by atoms with Gasteiger partial charge >= 0.3 is 12.4 Å². The van der Waals surface area contributed by atoms with Crippen molar-refractivity contribution in [1.82, 2.24) is 34.6 Å². The molecule has 0 fully saturated rings. The number of carbonyl (C=O) groups is 2. The van der Waals surface area contributed by atoms with Gasteiger partial charge in [0.2, 0.25) is 0 Å². The second-order valence-corrected chi connectivity index (χ2v) is 15.8. The molecule has 59 heavy (non-hydrogen) atoms. The number of benzene rings is 1. The summed E-state index contributed by atoms with van der Waals surface area (Å²) < 4.78 is 85.1. The third-order valence-corrected chi connectivity index (χ3v) is 11.5. The van der Waals surface area contributed by atoms with Crippen molar-refractivity contribution in [3.63, 3.8) is 0 Å². The van der Waals surface area contributed by atoms with Crippen molar-refractivity contribution < 1.29 is 35.9 Å². The normalized spacial score (nSPS) is 16.8. The zero-order valence-corrected chi connectivity index (χ0v) is 33.0. The predicted molar refractivity (Wildman–Crippen MR) is 210 cm³/mol. The molecule has 2 aliphatic heterocycles. The van der Waals surface area contributed by atoms with E-state index < -0.39 is 35.3 Å². The maximum atomic E-state index is 14.1. The van der Waals surface area contributed by atoms with E-state index in [9.17, 15) is 35.9 Å². The second-order valence-electron chi connectivity index (χ2n) is 13.5. The Balaban J connectivity index is 1.10. The van der Waals surface area contributed by atoms with Gasteiger partial charge in [-0.3, -0.25) is 25.2 Å². The number of allylic oxidation sites excluding steroid dienone is 7. The second kappa shape index (κ2) is 14.8. The van der Waals surface area contributed by atoms with Crippen molar-refractivity contribution in [2.24, 2.45) is 4.99 Å². The number of alkyl halides is 6. The predicted octanol–water partition coefficient (Wildman–Crippen LogP) is 9.08. The number of aryl methyl sites for hydroxylation is 3.